The normalized spacial score (nSPS) is 10.7. The van der Waals surface area contributed by atoms with Crippen LogP contribution < -0.4 is 9.47 Å². The molecule has 0 saturated carbocycles. The molecule has 0 heterocycles. The third-order valence-electron chi connectivity index (χ3n) is 2.36. The van der Waals surface area contributed by atoms with Gasteiger partial charge in [0.05, 0.1) is 24.9 Å². The maximum absolute atomic E-state index is 8.78. The first kappa shape index (κ1) is 16.4. The third-order valence-corrected chi connectivity index (χ3v) is 2.36. The highest BCUT2D eigenvalue weighted by molar-refractivity contribution is 5.50. The quantitative estimate of drug-likeness (QED) is 0.663. The summed E-state index contributed by atoms with van der Waals surface area (Å²) in [6.07, 6.45) is 0. The lowest BCUT2D eigenvalue weighted by Gasteiger charge is -2.19. The summed E-state index contributed by atoms with van der Waals surface area (Å²) in [6, 6.07) is 5.39. The van der Waals surface area contributed by atoms with E-state index in [9.17, 15) is 0 Å². The van der Waals surface area contributed by atoms with Gasteiger partial charge in [0.25, 0.3) is 0 Å². The van der Waals surface area contributed by atoms with E-state index in [1.54, 1.807) is 19.2 Å². The fourth-order valence-electron chi connectivity index (χ4n) is 1.49. The van der Waals surface area contributed by atoms with Gasteiger partial charge in [-0.05, 0) is 39.0 Å². The number of methoxy groups -OCH3 is 1. The summed E-state index contributed by atoms with van der Waals surface area (Å²) in [6.45, 7) is 6.75. The second-order valence-electron chi connectivity index (χ2n) is 5.13. The highest BCUT2D eigenvalue weighted by Crippen LogP contribution is 2.23. The first-order valence-electron chi connectivity index (χ1n) is 6.51. The first-order chi connectivity index (χ1) is 9.46. The largest absolute Gasteiger partial charge is 0.497 e. The Labute approximate surface area is 120 Å². The van der Waals surface area contributed by atoms with Gasteiger partial charge in [-0.25, -0.2) is 0 Å². The Hall–Kier alpha value is -1.70. The number of benzene rings is 1. The smallest absolute Gasteiger partial charge is 0.135 e. The Morgan fingerprint density at radius 3 is 2.55 bits per heavy atom. The molecule has 1 rings (SSSR count). The van der Waals surface area contributed by atoms with E-state index in [1.165, 1.54) is 0 Å². The van der Waals surface area contributed by atoms with Crippen LogP contribution in [0.1, 0.15) is 26.3 Å². The average molecular weight is 278 g/mol. The molecule has 1 aromatic rings. The van der Waals surface area contributed by atoms with Crippen molar-refractivity contribution < 1.29 is 19.3 Å². The van der Waals surface area contributed by atoms with E-state index in [2.05, 4.69) is 11.8 Å². The van der Waals surface area contributed by atoms with Crippen LogP contribution >= 0.6 is 0 Å². The van der Waals surface area contributed by atoms with Crippen LogP contribution in [0.3, 0.4) is 0 Å². The van der Waals surface area contributed by atoms with Crippen molar-refractivity contribution in [3.63, 3.8) is 0 Å². The minimum Gasteiger partial charge on any atom is -0.497 e. The number of hydrogen-bond acceptors (Lipinski definition) is 4. The molecule has 0 aliphatic rings. The van der Waals surface area contributed by atoms with Gasteiger partial charge in [-0.2, -0.15) is 0 Å². The number of aliphatic hydroxyl groups is 1. The Balaban J connectivity index is 2.68. The average Bonchev–Trinajstić information content (AvgIpc) is 2.40. The van der Waals surface area contributed by atoms with Crippen LogP contribution in [0.2, 0.25) is 0 Å². The number of aliphatic hydroxyl groups excluding tert-OH is 1. The van der Waals surface area contributed by atoms with Crippen LogP contribution in [0.4, 0.5) is 0 Å². The number of rotatable bonds is 5. The van der Waals surface area contributed by atoms with E-state index >= 15 is 0 Å². The topological polar surface area (TPSA) is 47.9 Å². The van der Waals surface area contributed by atoms with Crippen LogP contribution in [0, 0.1) is 11.8 Å². The lowest BCUT2D eigenvalue weighted by molar-refractivity contribution is -0.0163. The zero-order valence-corrected chi connectivity index (χ0v) is 12.5. The molecule has 0 saturated heterocycles. The van der Waals surface area contributed by atoms with Gasteiger partial charge >= 0.3 is 0 Å². The van der Waals surface area contributed by atoms with Gasteiger partial charge in [-0.1, -0.05) is 11.8 Å². The highest BCUT2D eigenvalue weighted by Gasteiger charge is 2.10. The Bertz CT molecular complexity index is 477. The third kappa shape index (κ3) is 5.96. The summed E-state index contributed by atoms with van der Waals surface area (Å²) < 4.78 is 16.4. The van der Waals surface area contributed by atoms with Gasteiger partial charge in [0.15, 0.2) is 0 Å². The number of hydrogen-bond donors (Lipinski definition) is 1. The fourth-order valence-corrected chi connectivity index (χ4v) is 1.49. The van der Waals surface area contributed by atoms with E-state index in [1.807, 2.05) is 26.8 Å². The first-order valence-corrected chi connectivity index (χ1v) is 6.51. The molecule has 4 heteroatoms. The van der Waals surface area contributed by atoms with Crippen LogP contribution in [-0.4, -0.2) is 37.6 Å². The van der Waals surface area contributed by atoms with Gasteiger partial charge in [0.2, 0.25) is 0 Å². The Morgan fingerprint density at radius 2 is 1.95 bits per heavy atom. The predicted molar refractivity (Wildman–Crippen MR) is 78.2 cm³/mol. The zero-order valence-electron chi connectivity index (χ0n) is 12.5. The fraction of sp³-hybridized carbons (Fsp3) is 0.500. The summed E-state index contributed by atoms with van der Waals surface area (Å²) in [5, 5.41) is 8.78. The lowest BCUT2D eigenvalue weighted by Crippen LogP contribution is -2.22. The summed E-state index contributed by atoms with van der Waals surface area (Å²) in [5.74, 6) is 6.81. The monoisotopic (exact) mass is 278 g/mol. The van der Waals surface area contributed by atoms with Crippen molar-refractivity contribution in [2.24, 2.45) is 0 Å². The molecular weight excluding hydrogens is 256 g/mol. The molecule has 0 unspecified atom stereocenters. The van der Waals surface area contributed by atoms with Crippen molar-refractivity contribution in [3.05, 3.63) is 23.8 Å². The van der Waals surface area contributed by atoms with Crippen LogP contribution in [0.15, 0.2) is 18.2 Å². The van der Waals surface area contributed by atoms with E-state index in [0.29, 0.717) is 30.3 Å². The lowest BCUT2D eigenvalue weighted by atomic mass is 10.2. The van der Waals surface area contributed by atoms with E-state index in [-0.39, 0.29) is 12.2 Å². The summed E-state index contributed by atoms with van der Waals surface area (Å²) in [5.41, 5.74) is 0.511. The SMILES string of the molecule is COc1ccc(OCCOC(C)(C)C)c(C#CCO)c1. The van der Waals surface area contributed by atoms with Crippen LogP contribution in [-0.2, 0) is 4.74 Å². The number of ether oxygens (including phenoxy) is 3. The molecule has 1 N–H and O–H groups in total. The van der Waals surface area contributed by atoms with Gasteiger partial charge in [-0.3, -0.25) is 0 Å². The molecule has 0 atom stereocenters. The maximum Gasteiger partial charge on any atom is 0.135 e. The maximum atomic E-state index is 8.78. The van der Waals surface area contributed by atoms with Crippen molar-refractivity contribution in [2.75, 3.05) is 26.9 Å². The molecular formula is C16H22O4. The molecule has 20 heavy (non-hydrogen) atoms. The van der Waals surface area contributed by atoms with Crippen molar-refractivity contribution in [1.29, 1.82) is 0 Å². The van der Waals surface area contributed by atoms with Gasteiger partial charge in [0, 0.05) is 0 Å². The minimum atomic E-state index is -0.191. The van der Waals surface area contributed by atoms with Crippen LogP contribution in [0.5, 0.6) is 11.5 Å². The van der Waals surface area contributed by atoms with Gasteiger partial charge in [0.1, 0.15) is 24.7 Å². The van der Waals surface area contributed by atoms with Crippen molar-refractivity contribution in [2.45, 2.75) is 26.4 Å². The van der Waals surface area contributed by atoms with E-state index < -0.39 is 0 Å². The van der Waals surface area contributed by atoms with Gasteiger partial charge in [-0.15, -0.1) is 0 Å². The molecule has 0 amide bonds. The van der Waals surface area contributed by atoms with E-state index in [4.69, 9.17) is 19.3 Å². The standard InChI is InChI=1S/C16H22O4/c1-16(2,3)20-11-10-19-15-8-7-14(18-4)12-13(15)6-5-9-17/h7-8,12,17H,9-11H2,1-4H3. The predicted octanol–water partition coefficient (Wildman–Crippen LogP) is 2.23. The Kier molecular flexibility index (Phi) is 6.37. The molecule has 0 aromatic heterocycles. The second-order valence-corrected chi connectivity index (χ2v) is 5.13. The van der Waals surface area contributed by atoms with Crippen molar-refractivity contribution in [1.82, 2.24) is 0 Å². The van der Waals surface area contributed by atoms with Crippen molar-refractivity contribution >= 4 is 0 Å². The summed E-state index contributed by atoms with van der Waals surface area (Å²) >= 11 is 0. The second kappa shape index (κ2) is 7.78. The molecule has 4 nitrogen and oxygen atoms in total. The molecule has 0 aliphatic carbocycles. The summed E-state index contributed by atoms with van der Waals surface area (Å²) in [7, 11) is 1.59. The molecule has 0 fully saturated rings. The summed E-state index contributed by atoms with van der Waals surface area (Å²) in [4.78, 5) is 0. The highest BCUT2D eigenvalue weighted by atomic mass is 16.5. The molecule has 110 valence electrons. The van der Waals surface area contributed by atoms with Crippen LogP contribution in [0.25, 0.3) is 0 Å². The Morgan fingerprint density at radius 1 is 1.20 bits per heavy atom. The minimum absolute atomic E-state index is 0.178. The molecule has 0 aliphatic heterocycles. The molecule has 0 bridgehead atoms. The zero-order chi connectivity index (χ0) is 15.0. The molecule has 0 radical (unpaired) electrons. The van der Waals surface area contributed by atoms with E-state index in [0.717, 1.165) is 0 Å². The van der Waals surface area contributed by atoms with Crippen molar-refractivity contribution in [3.8, 4) is 23.3 Å². The van der Waals surface area contributed by atoms with Gasteiger partial charge < -0.3 is 19.3 Å². The molecule has 1 aromatic carbocycles. The molecule has 0 spiro atoms.